The van der Waals surface area contributed by atoms with Gasteiger partial charge in [-0.3, -0.25) is 9.25 Å². The van der Waals surface area contributed by atoms with E-state index in [-0.39, 0.29) is 0 Å². The van der Waals surface area contributed by atoms with E-state index >= 15 is 0 Å². The van der Waals surface area contributed by atoms with Gasteiger partial charge < -0.3 is 5.73 Å². The molecule has 0 saturated carbocycles. The summed E-state index contributed by atoms with van der Waals surface area (Å²) < 4.78 is 4.61. The largest absolute Gasteiger partial charge is 0.369 e. The van der Waals surface area contributed by atoms with E-state index in [2.05, 4.69) is 26.0 Å². The van der Waals surface area contributed by atoms with Crippen LogP contribution in [0.3, 0.4) is 0 Å². The molecule has 3 aromatic rings. The maximum atomic E-state index is 5.94. The zero-order valence-electron chi connectivity index (χ0n) is 9.13. The molecule has 0 unspecified atom stereocenters. The molecule has 0 aliphatic rings. The van der Waals surface area contributed by atoms with Crippen LogP contribution in [0.1, 0.15) is 0 Å². The summed E-state index contributed by atoms with van der Waals surface area (Å²) in [7, 11) is 1.87. The van der Waals surface area contributed by atoms with Gasteiger partial charge in [0.1, 0.15) is 0 Å². The summed E-state index contributed by atoms with van der Waals surface area (Å²) in [6, 6.07) is 5.87. The first kappa shape index (κ1) is 10.3. The molecular weight excluding hydrogens is 282 g/mol. The van der Waals surface area contributed by atoms with E-state index in [1.54, 1.807) is 10.9 Å². The molecule has 86 valence electrons. The Morgan fingerprint density at radius 2 is 2.18 bits per heavy atom. The lowest BCUT2D eigenvalue weighted by Crippen LogP contribution is -1.99. The molecule has 0 aliphatic carbocycles. The molecular formula is C11H10BrN5. The molecule has 2 aromatic heterocycles. The predicted octanol–water partition coefficient (Wildman–Crippen LogP) is 2.10. The number of hydrogen-bond acceptors (Lipinski definition) is 3. The third-order valence-corrected chi connectivity index (χ3v) is 3.09. The van der Waals surface area contributed by atoms with Crippen molar-refractivity contribution in [2.45, 2.75) is 0 Å². The van der Waals surface area contributed by atoms with E-state index in [9.17, 15) is 0 Å². The lowest BCUT2D eigenvalue weighted by molar-refractivity contribution is 0.767. The van der Waals surface area contributed by atoms with Gasteiger partial charge in [-0.05, 0) is 18.2 Å². The number of benzene rings is 1. The van der Waals surface area contributed by atoms with E-state index in [0.717, 1.165) is 21.2 Å². The minimum absolute atomic E-state index is 0.464. The van der Waals surface area contributed by atoms with Crippen molar-refractivity contribution in [2.75, 3.05) is 5.73 Å². The number of aromatic nitrogens is 4. The van der Waals surface area contributed by atoms with Gasteiger partial charge in [-0.15, -0.1) is 0 Å². The third-order valence-electron chi connectivity index (χ3n) is 2.59. The zero-order chi connectivity index (χ0) is 12.0. The molecule has 0 radical (unpaired) electrons. The molecule has 0 amide bonds. The normalized spacial score (nSPS) is 11.2. The highest BCUT2D eigenvalue weighted by Gasteiger charge is 2.11. The van der Waals surface area contributed by atoms with Crippen molar-refractivity contribution in [2.24, 2.45) is 7.05 Å². The number of nitrogens with zero attached hydrogens (tertiary/aromatic N) is 4. The van der Waals surface area contributed by atoms with Gasteiger partial charge in [0.2, 0.25) is 5.95 Å². The molecule has 2 heterocycles. The number of imidazole rings is 1. The van der Waals surface area contributed by atoms with Crippen LogP contribution in [0.15, 0.2) is 35.1 Å². The standard InChI is InChI=1S/C11H10BrN5/c1-16-6-8(5-14-16)17-10-4-7(12)2-3-9(10)15-11(17)13/h2-6H,1H3,(H2,13,15). The van der Waals surface area contributed by atoms with Crippen LogP contribution >= 0.6 is 15.9 Å². The molecule has 6 heteroatoms. The molecule has 0 fully saturated rings. The minimum Gasteiger partial charge on any atom is -0.369 e. The van der Waals surface area contributed by atoms with Gasteiger partial charge in [0.05, 0.1) is 22.9 Å². The van der Waals surface area contributed by atoms with E-state index in [1.807, 2.05) is 36.0 Å². The van der Waals surface area contributed by atoms with Crippen LogP contribution in [0.2, 0.25) is 0 Å². The van der Waals surface area contributed by atoms with Gasteiger partial charge in [-0.2, -0.15) is 5.10 Å². The lowest BCUT2D eigenvalue weighted by Gasteiger charge is -2.02. The molecule has 5 nitrogen and oxygen atoms in total. The number of hydrogen-bond donors (Lipinski definition) is 1. The Morgan fingerprint density at radius 1 is 1.35 bits per heavy atom. The second-order valence-corrected chi connectivity index (χ2v) is 4.73. The predicted molar refractivity (Wildman–Crippen MR) is 69.9 cm³/mol. The van der Waals surface area contributed by atoms with Gasteiger partial charge in [0.25, 0.3) is 0 Å². The fraction of sp³-hybridized carbons (Fsp3) is 0.0909. The average Bonchev–Trinajstić information content (AvgIpc) is 2.81. The summed E-state index contributed by atoms with van der Waals surface area (Å²) in [4.78, 5) is 4.32. The summed E-state index contributed by atoms with van der Waals surface area (Å²) in [6.45, 7) is 0. The second kappa shape index (κ2) is 3.59. The minimum atomic E-state index is 0.464. The van der Waals surface area contributed by atoms with Crippen LogP contribution in [0.4, 0.5) is 5.95 Å². The first-order chi connectivity index (χ1) is 8.15. The highest BCUT2D eigenvalue weighted by Crippen LogP contribution is 2.25. The van der Waals surface area contributed by atoms with E-state index in [4.69, 9.17) is 5.73 Å². The maximum absolute atomic E-state index is 5.94. The Morgan fingerprint density at radius 3 is 2.88 bits per heavy atom. The summed E-state index contributed by atoms with van der Waals surface area (Å²) in [5.41, 5.74) is 8.68. The van der Waals surface area contributed by atoms with Crippen LogP contribution in [0.25, 0.3) is 16.7 Å². The quantitative estimate of drug-likeness (QED) is 0.747. The fourth-order valence-electron chi connectivity index (χ4n) is 1.86. The summed E-state index contributed by atoms with van der Waals surface area (Å²) in [6.07, 6.45) is 3.66. The van der Waals surface area contributed by atoms with Crippen molar-refractivity contribution < 1.29 is 0 Å². The Kier molecular flexibility index (Phi) is 2.19. The highest BCUT2D eigenvalue weighted by molar-refractivity contribution is 9.10. The summed E-state index contributed by atoms with van der Waals surface area (Å²) in [5.74, 6) is 0.464. The van der Waals surface area contributed by atoms with Gasteiger partial charge >= 0.3 is 0 Å². The molecule has 0 spiro atoms. The molecule has 0 atom stereocenters. The number of fused-ring (bicyclic) bond motifs is 1. The molecule has 1 aromatic carbocycles. The van der Waals surface area contributed by atoms with Gasteiger partial charge in [0.15, 0.2) is 0 Å². The molecule has 0 aliphatic heterocycles. The molecule has 0 bridgehead atoms. The molecule has 3 rings (SSSR count). The topological polar surface area (TPSA) is 61.7 Å². The Bertz CT molecular complexity index is 697. The smallest absolute Gasteiger partial charge is 0.206 e. The van der Waals surface area contributed by atoms with Crippen LogP contribution in [0.5, 0.6) is 0 Å². The third kappa shape index (κ3) is 1.61. The monoisotopic (exact) mass is 291 g/mol. The SMILES string of the molecule is Cn1cc(-n2c(N)nc3ccc(Br)cc32)cn1. The second-order valence-electron chi connectivity index (χ2n) is 3.81. The Labute approximate surface area is 106 Å². The van der Waals surface area contributed by atoms with Gasteiger partial charge in [-0.25, -0.2) is 4.98 Å². The fourth-order valence-corrected chi connectivity index (χ4v) is 2.21. The highest BCUT2D eigenvalue weighted by atomic mass is 79.9. The summed E-state index contributed by atoms with van der Waals surface area (Å²) in [5, 5.41) is 4.14. The van der Waals surface area contributed by atoms with E-state index in [0.29, 0.717) is 5.95 Å². The van der Waals surface area contributed by atoms with Crippen molar-refractivity contribution in [3.05, 3.63) is 35.1 Å². The van der Waals surface area contributed by atoms with Crippen molar-refractivity contribution in [3.8, 4) is 5.69 Å². The zero-order valence-corrected chi connectivity index (χ0v) is 10.7. The van der Waals surface area contributed by atoms with Crippen molar-refractivity contribution in [1.29, 1.82) is 0 Å². The number of halogens is 1. The van der Waals surface area contributed by atoms with Crippen LogP contribution < -0.4 is 5.73 Å². The lowest BCUT2D eigenvalue weighted by atomic mass is 10.3. The van der Waals surface area contributed by atoms with Crippen LogP contribution in [-0.2, 0) is 7.05 Å². The van der Waals surface area contributed by atoms with Gasteiger partial charge in [0, 0.05) is 17.7 Å². The molecule has 2 N–H and O–H groups in total. The maximum Gasteiger partial charge on any atom is 0.206 e. The first-order valence-electron chi connectivity index (χ1n) is 5.07. The van der Waals surface area contributed by atoms with Gasteiger partial charge in [-0.1, -0.05) is 15.9 Å². The Balaban J connectivity index is 2.34. The Hall–Kier alpha value is -1.82. The summed E-state index contributed by atoms with van der Waals surface area (Å²) >= 11 is 3.45. The first-order valence-corrected chi connectivity index (χ1v) is 5.87. The van der Waals surface area contributed by atoms with E-state index < -0.39 is 0 Å². The average molecular weight is 292 g/mol. The number of rotatable bonds is 1. The van der Waals surface area contributed by atoms with Crippen molar-refractivity contribution in [1.82, 2.24) is 19.3 Å². The van der Waals surface area contributed by atoms with E-state index in [1.165, 1.54) is 0 Å². The van der Waals surface area contributed by atoms with Crippen LogP contribution in [0, 0.1) is 0 Å². The molecule has 17 heavy (non-hydrogen) atoms. The van der Waals surface area contributed by atoms with Crippen LogP contribution in [-0.4, -0.2) is 19.3 Å². The number of anilines is 1. The number of aryl methyl sites for hydroxylation is 1. The number of nitrogen functional groups attached to an aromatic ring is 1. The van der Waals surface area contributed by atoms with Crippen molar-refractivity contribution >= 4 is 32.9 Å². The van der Waals surface area contributed by atoms with Crippen molar-refractivity contribution in [3.63, 3.8) is 0 Å². The molecule has 0 saturated heterocycles. The number of nitrogens with two attached hydrogens (primary N) is 1.